The largest absolute Gasteiger partial charge is 0.497 e. The molecule has 0 aromatic heterocycles. The number of ether oxygens (including phenoxy) is 1. The van der Waals surface area contributed by atoms with Gasteiger partial charge in [0.15, 0.2) is 0 Å². The fraction of sp³-hybridized carbons (Fsp3) is 0.652. The second-order valence-electron chi connectivity index (χ2n) is 8.70. The molecular formula is C23H34N4O3. The third-order valence-corrected chi connectivity index (χ3v) is 6.85. The van der Waals surface area contributed by atoms with Gasteiger partial charge in [0.2, 0.25) is 5.91 Å². The topological polar surface area (TPSA) is 65.1 Å². The summed E-state index contributed by atoms with van der Waals surface area (Å²) in [4.78, 5) is 32.3. The summed E-state index contributed by atoms with van der Waals surface area (Å²) in [6, 6.07) is 7.28. The molecule has 2 saturated heterocycles. The van der Waals surface area contributed by atoms with Crippen LogP contribution in [0, 0.1) is 5.92 Å². The average molecular weight is 415 g/mol. The fourth-order valence-electron chi connectivity index (χ4n) is 5.13. The maximum absolute atomic E-state index is 13.3. The predicted octanol–water partition coefficient (Wildman–Crippen LogP) is 3.03. The Balaban J connectivity index is 1.35. The molecule has 164 valence electrons. The molecule has 4 rings (SSSR count). The number of nitrogens with one attached hydrogen (secondary N) is 1. The molecule has 1 aromatic rings. The van der Waals surface area contributed by atoms with E-state index in [0.717, 1.165) is 63.3 Å². The van der Waals surface area contributed by atoms with Gasteiger partial charge in [0, 0.05) is 45.0 Å². The zero-order valence-electron chi connectivity index (χ0n) is 18.0. The monoisotopic (exact) mass is 414 g/mol. The van der Waals surface area contributed by atoms with E-state index in [2.05, 4.69) is 15.1 Å². The first-order valence-electron chi connectivity index (χ1n) is 11.4. The second kappa shape index (κ2) is 9.69. The fourth-order valence-corrected chi connectivity index (χ4v) is 5.13. The zero-order chi connectivity index (χ0) is 20.9. The van der Waals surface area contributed by atoms with E-state index in [1.165, 1.54) is 12.8 Å². The highest BCUT2D eigenvalue weighted by Crippen LogP contribution is 2.32. The van der Waals surface area contributed by atoms with Gasteiger partial charge in [-0.25, -0.2) is 4.79 Å². The van der Waals surface area contributed by atoms with Crippen LogP contribution in [0.15, 0.2) is 24.3 Å². The van der Waals surface area contributed by atoms with Gasteiger partial charge in [0.05, 0.1) is 13.2 Å². The molecule has 7 heteroatoms. The van der Waals surface area contributed by atoms with Crippen molar-refractivity contribution in [2.45, 2.75) is 44.6 Å². The summed E-state index contributed by atoms with van der Waals surface area (Å²) < 4.78 is 5.16. The molecule has 1 aromatic carbocycles. The van der Waals surface area contributed by atoms with Crippen molar-refractivity contribution in [3.8, 4) is 5.75 Å². The summed E-state index contributed by atoms with van der Waals surface area (Å²) in [7, 11) is 1.63. The smallest absolute Gasteiger partial charge is 0.321 e. The summed E-state index contributed by atoms with van der Waals surface area (Å²) in [5, 5.41) is 2.97. The first-order chi connectivity index (χ1) is 14.7. The Hall–Kier alpha value is -2.28. The van der Waals surface area contributed by atoms with Gasteiger partial charge in [-0.1, -0.05) is 12.8 Å². The van der Waals surface area contributed by atoms with Crippen molar-refractivity contribution >= 4 is 17.6 Å². The summed E-state index contributed by atoms with van der Waals surface area (Å²) in [6.45, 7) is 4.64. The van der Waals surface area contributed by atoms with Crippen molar-refractivity contribution < 1.29 is 14.3 Å². The number of hydrogen-bond acceptors (Lipinski definition) is 4. The van der Waals surface area contributed by atoms with Crippen LogP contribution in [0.2, 0.25) is 0 Å². The van der Waals surface area contributed by atoms with E-state index in [9.17, 15) is 9.59 Å². The van der Waals surface area contributed by atoms with Gasteiger partial charge in [-0.15, -0.1) is 0 Å². The SMILES string of the molecule is COc1ccc(NC(=O)N2CCN([C@H](C(=O)N3CCCC3)C3CCCC3)CC2)cc1. The normalized spacial score (nSPS) is 21.6. The van der Waals surface area contributed by atoms with Crippen LogP contribution in [-0.4, -0.2) is 79.1 Å². The highest BCUT2D eigenvalue weighted by Gasteiger charge is 2.39. The molecule has 0 radical (unpaired) electrons. The van der Waals surface area contributed by atoms with E-state index in [1.54, 1.807) is 7.11 Å². The van der Waals surface area contributed by atoms with Gasteiger partial charge in [-0.3, -0.25) is 9.69 Å². The first kappa shape index (κ1) is 21.0. The number of rotatable bonds is 5. The number of benzene rings is 1. The minimum absolute atomic E-state index is 0.00241. The highest BCUT2D eigenvalue weighted by molar-refractivity contribution is 5.89. The number of carbonyl (C=O) groups excluding carboxylic acids is 2. The van der Waals surface area contributed by atoms with Crippen molar-refractivity contribution in [1.29, 1.82) is 0 Å². The molecule has 1 N–H and O–H groups in total. The Bertz CT molecular complexity index is 718. The first-order valence-corrected chi connectivity index (χ1v) is 11.4. The van der Waals surface area contributed by atoms with Gasteiger partial charge in [-0.2, -0.15) is 0 Å². The molecule has 1 saturated carbocycles. The second-order valence-corrected chi connectivity index (χ2v) is 8.70. The Morgan fingerprint density at radius 2 is 1.53 bits per heavy atom. The maximum atomic E-state index is 13.3. The number of carbonyl (C=O) groups is 2. The minimum atomic E-state index is -0.0805. The van der Waals surface area contributed by atoms with Crippen LogP contribution in [0.25, 0.3) is 0 Å². The summed E-state index contributed by atoms with van der Waals surface area (Å²) in [5.74, 6) is 1.57. The van der Waals surface area contributed by atoms with Crippen molar-refractivity contribution in [1.82, 2.24) is 14.7 Å². The minimum Gasteiger partial charge on any atom is -0.497 e. The van der Waals surface area contributed by atoms with Crippen molar-refractivity contribution in [2.24, 2.45) is 5.92 Å². The van der Waals surface area contributed by atoms with E-state index in [-0.39, 0.29) is 12.1 Å². The lowest BCUT2D eigenvalue weighted by atomic mass is 9.94. The van der Waals surface area contributed by atoms with Crippen molar-refractivity contribution in [2.75, 3.05) is 51.7 Å². The van der Waals surface area contributed by atoms with Gasteiger partial charge >= 0.3 is 6.03 Å². The molecule has 2 heterocycles. The lowest BCUT2D eigenvalue weighted by Gasteiger charge is -2.41. The van der Waals surface area contributed by atoms with E-state index < -0.39 is 0 Å². The number of methoxy groups -OCH3 is 1. The van der Waals surface area contributed by atoms with E-state index in [4.69, 9.17) is 4.74 Å². The molecule has 1 aliphatic carbocycles. The molecule has 3 amide bonds. The number of nitrogens with zero attached hydrogens (tertiary/aromatic N) is 3. The third-order valence-electron chi connectivity index (χ3n) is 6.85. The molecule has 0 bridgehead atoms. The average Bonchev–Trinajstić information content (AvgIpc) is 3.49. The molecule has 30 heavy (non-hydrogen) atoms. The van der Waals surface area contributed by atoms with Crippen LogP contribution in [0.4, 0.5) is 10.5 Å². The van der Waals surface area contributed by atoms with Crippen molar-refractivity contribution in [3.05, 3.63) is 24.3 Å². The molecule has 1 atom stereocenters. The van der Waals surface area contributed by atoms with Crippen LogP contribution in [0.5, 0.6) is 5.75 Å². The van der Waals surface area contributed by atoms with Crippen LogP contribution in [0.3, 0.4) is 0 Å². The lowest BCUT2D eigenvalue weighted by Crippen LogP contribution is -2.58. The summed E-state index contributed by atoms with van der Waals surface area (Å²) >= 11 is 0. The quantitative estimate of drug-likeness (QED) is 0.804. The third kappa shape index (κ3) is 4.72. The Morgan fingerprint density at radius 1 is 0.900 bits per heavy atom. The summed E-state index contributed by atoms with van der Waals surface area (Å²) in [6.07, 6.45) is 7.03. The summed E-state index contributed by atoms with van der Waals surface area (Å²) in [5.41, 5.74) is 0.760. The van der Waals surface area contributed by atoms with E-state index in [0.29, 0.717) is 24.9 Å². The van der Waals surface area contributed by atoms with E-state index in [1.807, 2.05) is 29.2 Å². The zero-order valence-corrected chi connectivity index (χ0v) is 18.0. The number of likely N-dealkylation sites (tertiary alicyclic amines) is 1. The maximum Gasteiger partial charge on any atom is 0.321 e. The number of amides is 3. The van der Waals surface area contributed by atoms with Gasteiger partial charge in [0.1, 0.15) is 5.75 Å². The molecule has 0 spiro atoms. The Labute approximate surface area is 179 Å². The molecule has 7 nitrogen and oxygen atoms in total. The molecule has 2 aliphatic heterocycles. The van der Waals surface area contributed by atoms with Gasteiger partial charge in [0.25, 0.3) is 0 Å². The number of urea groups is 1. The number of piperazine rings is 1. The highest BCUT2D eigenvalue weighted by atomic mass is 16.5. The van der Waals surface area contributed by atoms with Crippen LogP contribution in [-0.2, 0) is 4.79 Å². The predicted molar refractivity (Wildman–Crippen MR) is 117 cm³/mol. The van der Waals surface area contributed by atoms with Crippen LogP contribution in [0.1, 0.15) is 38.5 Å². The van der Waals surface area contributed by atoms with Crippen molar-refractivity contribution in [3.63, 3.8) is 0 Å². The van der Waals surface area contributed by atoms with Gasteiger partial charge in [-0.05, 0) is 55.9 Å². The Morgan fingerprint density at radius 3 is 2.13 bits per heavy atom. The van der Waals surface area contributed by atoms with Gasteiger partial charge < -0.3 is 19.9 Å². The van der Waals surface area contributed by atoms with Crippen LogP contribution < -0.4 is 10.1 Å². The standard InChI is InChI=1S/C23H34N4O3/c1-30-20-10-8-19(9-11-20)24-23(29)27-16-14-25(15-17-27)21(18-6-2-3-7-18)22(28)26-12-4-5-13-26/h8-11,18,21H,2-7,12-17H2,1H3,(H,24,29)/t21-/m0/s1. The molecular weight excluding hydrogens is 380 g/mol. The molecule has 0 unspecified atom stereocenters. The van der Waals surface area contributed by atoms with Crippen LogP contribution >= 0.6 is 0 Å². The lowest BCUT2D eigenvalue weighted by molar-refractivity contribution is -0.138. The Kier molecular flexibility index (Phi) is 6.77. The molecule has 3 fully saturated rings. The van der Waals surface area contributed by atoms with E-state index >= 15 is 0 Å². The number of hydrogen-bond donors (Lipinski definition) is 1. The number of anilines is 1. The molecule has 3 aliphatic rings.